The largest absolute Gasteiger partial charge is 0.495 e. The summed E-state index contributed by atoms with van der Waals surface area (Å²) in [5, 5.41) is 0.270. The molecule has 1 aliphatic heterocycles. The number of ether oxygens (including phenoxy) is 1. The molecule has 1 saturated heterocycles. The zero-order chi connectivity index (χ0) is 14.9. The van der Waals surface area contributed by atoms with Gasteiger partial charge < -0.3 is 9.64 Å². The zero-order valence-electron chi connectivity index (χ0n) is 11.8. The summed E-state index contributed by atoms with van der Waals surface area (Å²) in [6.07, 6.45) is 0. The number of likely N-dealkylation sites (N-methyl/N-ethyl adjacent to an activating group) is 1. The molecule has 6 heteroatoms. The molecule has 0 saturated carbocycles. The fraction of sp³-hybridized carbons (Fsp3) is 0.500. The maximum atomic E-state index is 14.0. The van der Waals surface area contributed by atoms with Crippen LogP contribution in [-0.4, -0.2) is 49.0 Å². The van der Waals surface area contributed by atoms with Gasteiger partial charge in [-0.25, -0.2) is 4.39 Å². The van der Waals surface area contributed by atoms with Crippen LogP contribution < -0.4 is 4.74 Å². The van der Waals surface area contributed by atoms with Gasteiger partial charge in [-0.05, 0) is 19.1 Å². The summed E-state index contributed by atoms with van der Waals surface area (Å²) in [6.45, 7) is 3.44. The molecule has 1 atom stereocenters. The van der Waals surface area contributed by atoms with Crippen LogP contribution in [0.5, 0.6) is 5.75 Å². The van der Waals surface area contributed by atoms with Crippen molar-refractivity contribution in [1.29, 1.82) is 0 Å². The van der Waals surface area contributed by atoms with Crippen molar-refractivity contribution in [2.45, 2.75) is 19.5 Å². The van der Waals surface area contributed by atoms with E-state index in [1.54, 1.807) is 11.9 Å². The van der Waals surface area contributed by atoms with E-state index in [9.17, 15) is 9.18 Å². The lowest BCUT2D eigenvalue weighted by atomic mass is 10.1. The number of hydrogen-bond acceptors (Lipinski definition) is 3. The van der Waals surface area contributed by atoms with E-state index in [0.717, 1.165) is 0 Å². The summed E-state index contributed by atoms with van der Waals surface area (Å²) in [7, 11) is 3.26. The second-order valence-electron chi connectivity index (χ2n) is 4.95. The van der Waals surface area contributed by atoms with Gasteiger partial charge in [0.05, 0.1) is 18.2 Å². The SMILES string of the molecule is COc1ccc(F)c(CN2CCN(C)C(=O)[C@@H]2C)c1Cl. The predicted octanol–water partition coefficient (Wildman–Crippen LogP) is 2.15. The highest BCUT2D eigenvalue weighted by atomic mass is 35.5. The van der Waals surface area contributed by atoms with Crippen molar-refractivity contribution in [3.05, 3.63) is 28.5 Å². The van der Waals surface area contributed by atoms with Crippen molar-refractivity contribution in [1.82, 2.24) is 9.80 Å². The summed E-state index contributed by atoms with van der Waals surface area (Å²) in [4.78, 5) is 15.6. The molecule has 1 heterocycles. The third-order valence-corrected chi connectivity index (χ3v) is 4.15. The number of rotatable bonds is 3. The van der Waals surface area contributed by atoms with E-state index in [1.165, 1.54) is 19.2 Å². The van der Waals surface area contributed by atoms with E-state index in [-0.39, 0.29) is 22.8 Å². The van der Waals surface area contributed by atoms with Crippen LogP contribution in [0.3, 0.4) is 0 Å². The number of piperazine rings is 1. The topological polar surface area (TPSA) is 32.8 Å². The molecule has 1 aromatic carbocycles. The third-order valence-electron chi connectivity index (χ3n) is 3.74. The van der Waals surface area contributed by atoms with Crippen molar-refractivity contribution >= 4 is 17.5 Å². The van der Waals surface area contributed by atoms with Gasteiger partial charge >= 0.3 is 0 Å². The van der Waals surface area contributed by atoms with E-state index < -0.39 is 0 Å². The molecule has 1 fully saturated rings. The third kappa shape index (κ3) is 2.74. The van der Waals surface area contributed by atoms with Crippen LogP contribution in [-0.2, 0) is 11.3 Å². The quantitative estimate of drug-likeness (QED) is 0.857. The van der Waals surface area contributed by atoms with Gasteiger partial charge in [0, 0.05) is 32.2 Å². The maximum Gasteiger partial charge on any atom is 0.239 e. The molecule has 0 spiro atoms. The summed E-state index contributed by atoms with van der Waals surface area (Å²) in [5.74, 6) is 0.0984. The Balaban J connectivity index is 2.24. The fourth-order valence-corrected chi connectivity index (χ4v) is 2.65. The molecule has 0 unspecified atom stereocenters. The Kier molecular flexibility index (Phi) is 4.50. The second kappa shape index (κ2) is 5.97. The maximum absolute atomic E-state index is 14.0. The number of nitrogens with zero attached hydrogens (tertiary/aromatic N) is 2. The number of benzene rings is 1. The van der Waals surface area contributed by atoms with Gasteiger partial charge in [0.2, 0.25) is 5.91 Å². The first-order chi connectivity index (χ1) is 9.45. The van der Waals surface area contributed by atoms with Crippen LogP contribution >= 0.6 is 11.6 Å². The lowest BCUT2D eigenvalue weighted by Gasteiger charge is -2.37. The van der Waals surface area contributed by atoms with Gasteiger partial charge in [-0.2, -0.15) is 0 Å². The van der Waals surface area contributed by atoms with Gasteiger partial charge in [0.15, 0.2) is 0 Å². The van der Waals surface area contributed by atoms with Crippen molar-refractivity contribution < 1.29 is 13.9 Å². The molecule has 1 aromatic rings. The molecule has 2 rings (SSSR count). The number of carbonyl (C=O) groups is 1. The molecule has 0 bridgehead atoms. The molecular formula is C14H18ClFN2O2. The van der Waals surface area contributed by atoms with Crippen LogP contribution in [0.4, 0.5) is 4.39 Å². The average Bonchev–Trinajstić information content (AvgIpc) is 2.43. The number of halogens is 2. The van der Waals surface area contributed by atoms with Crippen LogP contribution in [0.1, 0.15) is 12.5 Å². The molecule has 0 radical (unpaired) electrons. The molecule has 0 aliphatic carbocycles. The zero-order valence-corrected chi connectivity index (χ0v) is 12.6. The van der Waals surface area contributed by atoms with Gasteiger partial charge in [-0.3, -0.25) is 9.69 Å². The number of carbonyl (C=O) groups excluding carboxylic acids is 1. The summed E-state index contributed by atoms with van der Waals surface area (Å²) >= 11 is 6.16. The number of hydrogen-bond donors (Lipinski definition) is 0. The molecule has 1 aliphatic rings. The lowest BCUT2D eigenvalue weighted by Crippen LogP contribution is -2.53. The Morgan fingerprint density at radius 2 is 2.15 bits per heavy atom. The Morgan fingerprint density at radius 3 is 2.80 bits per heavy atom. The Morgan fingerprint density at radius 1 is 1.45 bits per heavy atom. The molecule has 20 heavy (non-hydrogen) atoms. The van der Waals surface area contributed by atoms with E-state index in [4.69, 9.17) is 16.3 Å². The van der Waals surface area contributed by atoms with Crippen molar-refractivity contribution in [2.75, 3.05) is 27.2 Å². The minimum Gasteiger partial charge on any atom is -0.495 e. The first kappa shape index (κ1) is 15.1. The first-order valence-electron chi connectivity index (χ1n) is 6.45. The Hall–Kier alpha value is -1.33. The highest BCUT2D eigenvalue weighted by Gasteiger charge is 2.30. The number of amides is 1. The normalized spacial score (nSPS) is 20.4. The predicted molar refractivity (Wildman–Crippen MR) is 75.5 cm³/mol. The minimum absolute atomic E-state index is 0.0377. The van der Waals surface area contributed by atoms with Crippen LogP contribution in [0.15, 0.2) is 12.1 Å². The first-order valence-corrected chi connectivity index (χ1v) is 6.83. The minimum atomic E-state index is -0.380. The van der Waals surface area contributed by atoms with Crippen molar-refractivity contribution in [3.63, 3.8) is 0 Å². The molecule has 1 amide bonds. The standard InChI is InChI=1S/C14H18ClFN2O2/c1-9-14(19)17(2)6-7-18(9)8-10-11(16)4-5-12(20-3)13(10)15/h4-5,9H,6-8H2,1-3H3/t9-/m0/s1. The van der Waals surface area contributed by atoms with Crippen molar-refractivity contribution in [2.24, 2.45) is 0 Å². The molecular weight excluding hydrogens is 283 g/mol. The van der Waals surface area contributed by atoms with Crippen LogP contribution in [0.25, 0.3) is 0 Å². The van der Waals surface area contributed by atoms with Gasteiger partial charge in [0.1, 0.15) is 11.6 Å². The van der Waals surface area contributed by atoms with E-state index in [0.29, 0.717) is 30.9 Å². The Bertz CT molecular complexity index is 524. The summed E-state index contributed by atoms with van der Waals surface area (Å²) in [5.41, 5.74) is 0.371. The molecule has 0 N–H and O–H groups in total. The van der Waals surface area contributed by atoms with E-state index in [2.05, 4.69) is 0 Å². The average molecular weight is 301 g/mol. The van der Waals surface area contributed by atoms with Crippen molar-refractivity contribution in [3.8, 4) is 5.75 Å². The molecule has 110 valence electrons. The van der Waals surface area contributed by atoms with E-state index in [1.807, 2.05) is 11.8 Å². The van der Waals surface area contributed by atoms with Gasteiger partial charge in [-0.1, -0.05) is 11.6 Å². The molecule has 0 aromatic heterocycles. The smallest absolute Gasteiger partial charge is 0.239 e. The van der Waals surface area contributed by atoms with Crippen LogP contribution in [0, 0.1) is 5.82 Å². The monoisotopic (exact) mass is 300 g/mol. The fourth-order valence-electron chi connectivity index (χ4n) is 2.36. The number of methoxy groups -OCH3 is 1. The lowest BCUT2D eigenvalue weighted by molar-refractivity contribution is -0.139. The summed E-state index contributed by atoms with van der Waals surface area (Å²) < 4.78 is 19.1. The molecule has 4 nitrogen and oxygen atoms in total. The Labute approximate surface area is 123 Å². The van der Waals surface area contributed by atoms with Crippen LogP contribution in [0.2, 0.25) is 5.02 Å². The highest BCUT2D eigenvalue weighted by molar-refractivity contribution is 6.32. The van der Waals surface area contributed by atoms with Gasteiger partial charge in [0.25, 0.3) is 0 Å². The summed E-state index contributed by atoms with van der Waals surface area (Å²) in [6, 6.07) is 2.55. The highest BCUT2D eigenvalue weighted by Crippen LogP contribution is 2.31. The van der Waals surface area contributed by atoms with E-state index >= 15 is 0 Å². The second-order valence-corrected chi connectivity index (χ2v) is 5.33. The van der Waals surface area contributed by atoms with Gasteiger partial charge in [-0.15, -0.1) is 0 Å².